The van der Waals surface area contributed by atoms with Gasteiger partial charge in [-0.05, 0) is 28.1 Å². The molecule has 0 radical (unpaired) electrons. The molecule has 0 unspecified atom stereocenters. The van der Waals surface area contributed by atoms with Gasteiger partial charge in [-0.3, -0.25) is 5.43 Å². The first-order valence-corrected chi connectivity index (χ1v) is 9.14. The van der Waals surface area contributed by atoms with Crippen molar-refractivity contribution in [3.63, 3.8) is 0 Å². The number of rotatable bonds is 4. The maximum atomic E-state index is 6.01. The fraction of sp³-hybridized carbons (Fsp3) is 0. The van der Waals surface area contributed by atoms with Crippen molar-refractivity contribution in [2.45, 2.75) is 0 Å². The van der Waals surface area contributed by atoms with Crippen LogP contribution in [-0.2, 0) is 0 Å². The molecule has 3 N–H and O–H groups in total. The quantitative estimate of drug-likeness (QED) is 0.318. The van der Waals surface area contributed by atoms with Crippen LogP contribution >= 0.6 is 43.2 Å². The van der Waals surface area contributed by atoms with Crippen molar-refractivity contribution in [1.29, 1.82) is 0 Å². The largest absolute Gasteiger partial charge is 0.397 e. The van der Waals surface area contributed by atoms with Crippen LogP contribution in [0.5, 0.6) is 0 Å². The average molecular weight is 452 g/mol. The Balaban J connectivity index is 1.73. The van der Waals surface area contributed by atoms with Crippen molar-refractivity contribution >= 4 is 60.2 Å². The smallest absolute Gasteiger partial charge is 0.203 e. The number of hydrogen-bond acceptors (Lipinski definition) is 5. The number of thiazole rings is 1. The molecule has 3 aromatic rings. The number of aromatic nitrogens is 1. The standard InChI is InChI=1S/C16H12Br2N4S/c17-12-6-11(15(19)13(18)7-12)8-20-22-16-21-14(9-23-16)10-4-2-1-3-5-10/h1-9H,19H2,(H,21,22). The van der Waals surface area contributed by atoms with Gasteiger partial charge in [0, 0.05) is 25.5 Å². The van der Waals surface area contributed by atoms with Crippen molar-refractivity contribution in [2.24, 2.45) is 5.10 Å². The molecule has 4 nitrogen and oxygen atoms in total. The molecule has 7 heteroatoms. The number of nitrogens with one attached hydrogen (secondary N) is 1. The average Bonchev–Trinajstić information content (AvgIpc) is 3.02. The highest BCUT2D eigenvalue weighted by molar-refractivity contribution is 9.11. The molecule has 0 saturated heterocycles. The molecule has 0 saturated carbocycles. The minimum atomic E-state index is 0.642. The molecule has 0 spiro atoms. The van der Waals surface area contributed by atoms with Gasteiger partial charge in [0.25, 0.3) is 0 Å². The van der Waals surface area contributed by atoms with E-state index in [1.165, 1.54) is 11.3 Å². The summed E-state index contributed by atoms with van der Waals surface area (Å²) < 4.78 is 1.76. The molecule has 1 aromatic heterocycles. The minimum Gasteiger partial charge on any atom is -0.397 e. The lowest BCUT2D eigenvalue weighted by atomic mass is 10.2. The molecule has 0 aliphatic carbocycles. The Morgan fingerprint density at radius 2 is 1.96 bits per heavy atom. The van der Waals surface area contributed by atoms with Crippen molar-refractivity contribution in [1.82, 2.24) is 4.98 Å². The number of halogens is 2. The van der Waals surface area contributed by atoms with Crippen LogP contribution in [0.3, 0.4) is 0 Å². The van der Waals surface area contributed by atoms with Gasteiger partial charge in [-0.15, -0.1) is 11.3 Å². The molecule has 1 heterocycles. The molecule has 0 aliphatic rings. The second-order valence-corrected chi connectivity index (χ2v) is 7.29. The lowest BCUT2D eigenvalue weighted by Gasteiger charge is -2.03. The Bertz CT molecular complexity index is 847. The third kappa shape index (κ3) is 3.99. The highest BCUT2D eigenvalue weighted by Gasteiger charge is 2.05. The number of hydrazone groups is 1. The molecule has 0 atom stereocenters. The molecule has 116 valence electrons. The summed E-state index contributed by atoms with van der Waals surface area (Å²) in [6.07, 6.45) is 1.68. The first kappa shape index (κ1) is 16.2. The minimum absolute atomic E-state index is 0.642. The molecule has 0 amide bonds. The van der Waals surface area contributed by atoms with Crippen LogP contribution in [0.1, 0.15) is 5.56 Å². The molecular weight excluding hydrogens is 440 g/mol. The zero-order valence-electron chi connectivity index (χ0n) is 11.8. The Labute approximate surface area is 154 Å². The second kappa shape index (κ2) is 7.25. The molecular formula is C16H12Br2N4S. The molecule has 23 heavy (non-hydrogen) atoms. The number of nitrogen functional groups attached to an aromatic ring is 1. The third-order valence-electron chi connectivity index (χ3n) is 3.06. The van der Waals surface area contributed by atoms with Gasteiger partial charge in [-0.25, -0.2) is 4.98 Å². The molecule has 3 rings (SSSR count). The van der Waals surface area contributed by atoms with Gasteiger partial charge in [0.05, 0.1) is 17.6 Å². The summed E-state index contributed by atoms with van der Waals surface area (Å²) >= 11 is 8.36. The van der Waals surface area contributed by atoms with E-state index in [1.54, 1.807) is 6.21 Å². The van der Waals surface area contributed by atoms with Gasteiger partial charge in [0.2, 0.25) is 5.13 Å². The van der Waals surface area contributed by atoms with Crippen LogP contribution in [0, 0.1) is 0 Å². The molecule has 0 fully saturated rings. The predicted octanol–water partition coefficient (Wildman–Crippen LogP) is 5.36. The zero-order valence-corrected chi connectivity index (χ0v) is 15.8. The monoisotopic (exact) mass is 450 g/mol. The highest BCUT2D eigenvalue weighted by Crippen LogP contribution is 2.27. The van der Waals surface area contributed by atoms with E-state index in [-0.39, 0.29) is 0 Å². The van der Waals surface area contributed by atoms with Crippen LogP contribution in [0.2, 0.25) is 0 Å². The topological polar surface area (TPSA) is 63.3 Å². The summed E-state index contributed by atoms with van der Waals surface area (Å²) in [5.74, 6) is 0. The van der Waals surface area contributed by atoms with Crippen LogP contribution < -0.4 is 11.2 Å². The van der Waals surface area contributed by atoms with Gasteiger partial charge in [0.1, 0.15) is 0 Å². The fourth-order valence-electron chi connectivity index (χ4n) is 1.94. The number of hydrogen-bond donors (Lipinski definition) is 2. The van der Waals surface area contributed by atoms with Crippen LogP contribution in [0.4, 0.5) is 10.8 Å². The normalized spacial score (nSPS) is 11.0. The summed E-state index contributed by atoms with van der Waals surface area (Å²) in [5.41, 5.74) is 12.4. The van der Waals surface area contributed by atoms with Crippen molar-refractivity contribution in [3.05, 3.63) is 62.4 Å². The first-order valence-electron chi connectivity index (χ1n) is 6.68. The van der Waals surface area contributed by atoms with Crippen molar-refractivity contribution in [2.75, 3.05) is 11.2 Å². The van der Waals surface area contributed by atoms with E-state index in [4.69, 9.17) is 5.73 Å². The Hall–Kier alpha value is -1.70. The maximum absolute atomic E-state index is 6.01. The Kier molecular flexibility index (Phi) is 5.09. The van der Waals surface area contributed by atoms with E-state index < -0.39 is 0 Å². The first-order chi connectivity index (χ1) is 11.1. The third-order valence-corrected chi connectivity index (χ3v) is 4.92. The van der Waals surface area contributed by atoms with E-state index in [9.17, 15) is 0 Å². The summed E-state index contributed by atoms with van der Waals surface area (Å²) in [7, 11) is 0. The lowest BCUT2D eigenvalue weighted by Crippen LogP contribution is -1.97. The van der Waals surface area contributed by atoms with Crippen molar-refractivity contribution in [3.8, 4) is 11.3 Å². The molecule has 2 aromatic carbocycles. The van der Waals surface area contributed by atoms with E-state index in [1.807, 2.05) is 47.8 Å². The van der Waals surface area contributed by atoms with Crippen LogP contribution in [0.25, 0.3) is 11.3 Å². The second-order valence-electron chi connectivity index (χ2n) is 4.66. The number of anilines is 2. The maximum Gasteiger partial charge on any atom is 0.203 e. The summed E-state index contributed by atoms with van der Waals surface area (Å²) in [6.45, 7) is 0. The van der Waals surface area contributed by atoms with Gasteiger partial charge in [-0.1, -0.05) is 46.3 Å². The van der Waals surface area contributed by atoms with Crippen LogP contribution in [0.15, 0.2) is 61.9 Å². The fourth-order valence-corrected chi connectivity index (χ4v) is 3.86. The van der Waals surface area contributed by atoms with Gasteiger partial charge < -0.3 is 5.73 Å². The van der Waals surface area contributed by atoms with E-state index in [2.05, 4.69) is 47.4 Å². The van der Waals surface area contributed by atoms with E-state index >= 15 is 0 Å². The number of nitrogens with zero attached hydrogens (tertiary/aromatic N) is 2. The number of benzene rings is 2. The van der Waals surface area contributed by atoms with Gasteiger partial charge in [-0.2, -0.15) is 5.10 Å². The Morgan fingerprint density at radius 1 is 1.17 bits per heavy atom. The molecule has 0 aliphatic heterocycles. The summed E-state index contributed by atoms with van der Waals surface area (Å²) in [5, 5.41) is 6.94. The highest BCUT2D eigenvalue weighted by atomic mass is 79.9. The predicted molar refractivity (Wildman–Crippen MR) is 105 cm³/mol. The van der Waals surface area contributed by atoms with Crippen molar-refractivity contribution < 1.29 is 0 Å². The van der Waals surface area contributed by atoms with Gasteiger partial charge in [0.15, 0.2) is 0 Å². The van der Waals surface area contributed by atoms with Crippen LogP contribution in [-0.4, -0.2) is 11.2 Å². The lowest BCUT2D eigenvalue weighted by molar-refractivity contribution is 1.29. The van der Waals surface area contributed by atoms with Gasteiger partial charge >= 0.3 is 0 Å². The Morgan fingerprint density at radius 3 is 2.74 bits per heavy atom. The van der Waals surface area contributed by atoms with E-state index in [0.717, 1.165) is 30.9 Å². The SMILES string of the molecule is Nc1c(Br)cc(Br)cc1C=NNc1nc(-c2ccccc2)cs1. The van der Waals surface area contributed by atoms with E-state index in [0.29, 0.717) is 5.69 Å². The number of nitrogens with two attached hydrogens (primary N) is 1. The zero-order chi connectivity index (χ0) is 16.2. The molecule has 0 bridgehead atoms. The summed E-state index contributed by atoms with van der Waals surface area (Å²) in [4.78, 5) is 4.51. The summed E-state index contributed by atoms with van der Waals surface area (Å²) in [6, 6.07) is 13.8.